The molecule has 3 N–H and O–H groups in total. The molecule has 6 heteroatoms. The van der Waals surface area contributed by atoms with Crippen LogP contribution in [0.25, 0.3) is 0 Å². The van der Waals surface area contributed by atoms with Crippen molar-refractivity contribution in [3.05, 3.63) is 0 Å². The number of hydrogen-bond acceptors (Lipinski definition) is 6. The largest absolute Gasteiger partial charge is 0.391 e. The van der Waals surface area contributed by atoms with Crippen molar-refractivity contribution < 1.29 is 29.5 Å². The second-order valence-electron chi connectivity index (χ2n) is 4.38. The number of hydrogen-bond donors (Lipinski definition) is 3. The zero-order valence-electron chi connectivity index (χ0n) is 8.71. The van der Waals surface area contributed by atoms with Crippen LogP contribution in [-0.4, -0.2) is 58.4 Å². The molecule has 15 heavy (non-hydrogen) atoms. The Morgan fingerprint density at radius 2 is 2.00 bits per heavy atom. The van der Waals surface area contributed by atoms with Gasteiger partial charge >= 0.3 is 0 Å². The predicted molar refractivity (Wildman–Crippen MR) is 47.8 cm³/mol. The Bertz CT molecular complexity index is 255. The van der Waals surface area contributed by atoms with Gasteiger partial charge in [-0.2, -0.15) is 0 Å². The van der Waals surface area contributed by atoms with E-state index in [2.05, 4.69) is 0 Å². The highest BCUT2D eigenvalue weighted by Gasteiger charge is 2.60. The normalized spacial score (nSPS) is 49.0. The molecule has 2 heterocycles. The van der Waals surface area contributed by atoms with Gasteiger partial charge < -0.3 is 29.5 Å². The van der Waals surface area contributed by atoms with Crippen molar-refractivity contribution in [2.24, 2.45) is 0 Å². The monoisotopic (exact) mass is 220 g/mol. The molecule has 2 saturated heterocycles. The molecular formula is C9H16O6. The van der Waals surface area contributed by atoms with Crippen LogP contribution in [0.2, 0.25) is 0 Å². The molecule has 0 spiro atoms. The van der Waals surface area contributed by atoms with Gasteiger partial charge in [0.25, 0.3) is 0 Å². The zero-order valence-corrected chi connectivity index (χ0v) is 8.71. The molecule has 4 atom stereocenters. The van der Waals surface area contributed by atoms with E-state index in [-0.39, 0.29) is 6.61 Å². The van der Waals surface area contributed by atoms with E-state index in [4.69, 9.17) is 14.2 Å². The molecule has 6 nitrogen and oxygen atoms in total. The van der Waals surface area contributed by atoms with Crippen LogP contribution < -0.4 is 0 Å². The molecule has 0 aromatic heterocycles. The third-order valence-electron chi connectivity index (χ3n) is 2.69. The maximum Gasteiger partial charge on any atom is 0.224 e. The fourth-order valence-electron chi connectivity index (χ4n) is 2.03. The Kier molecular flexibility index (Phi) is 2.53. The Balaban J connectivity index is 2.27. The van der Waals surface area contributed by atoms with Crippen LogP contribution in [-0.2, 0) is 14.2 Å². The Morgan fingerprint density at radius 3 is 2.60 bits per heavy atom. The first-order chi connectivity index (χ1) is 6.90. The number of ether oxygens (including phenoxy) is 3. The minimum Gasteiger partial charge on any atom is -0.391 e. The summed E-state index contributed by atoms with van der Waals surface area (Å²) < 4.78 is 16.1. The first-order valence-corrected chi connectivity index (χ1v) is 4.89. The van der Waals surface area contributed by atoms with E-state index in [1.54, 1.807) is 13.8 Å². The van der Waals surface area contributed by atoms with Crippen molar-refractivity contribution in [2.45, 2.75) is 43.7 Å². The second kappa shape index (κ2) is 3.38. The van der Waals surface area contributed by atoms with Gasteiger partial charge in [0.15, 0.2) is 5.79 Å². The molecule has 0 aromatic carbocycles. The second-order valence-corrected chi connectivity index (χ2v) is 4.38. The van der Waals surface area contributed by atoms with Gasteiger partial charge in [-0.05, 0) is 13.8 Å². The van der Waals surface area contributed by atoms with Gasteiger partial charge in [-0.25, -0.2) is 0 Å². The van der Waals surface area contributed by atoms with E-state index in [0.717, 1.165) is 0 Å². The molecule has 4 unspecified atom stereocenters. The molecule has 2 aliphatic heterocycles. The Hall–Kier alpha value is -0.240. The van der Waals surface area contributed by atoms with Crippen molar-refractivity contribution in [3.8, 4) is 0 Å². The van der Waals surface area contributed by atoms with Crippen LogP contribution in [0.5, 0.6) is 0 Å². The van der Waals surface area contributed by atoms with Gasteiger partial charge in [-0.1, -0.05) is 0 Å². The van der Waals surface area contributed by atoms with Gasteiger partial charge in [0.05, 0.1) is 6.61 Å². The van der Waals surface area contributed by atoms with Crippen LogP contribution in [0.1, 0.15) is 13.8 Å². The van der Waals surface area contributed by atoms with Crippen molar-refractivity contribution in [1.29, 1.82) is 0 Å². The summed E-state index contributed by atoms with van der Waals surface area (Å²) in [6.45, 7) is 2.80. The molecule has 0 aliphatic carbocycles. The summed E-state index contributed by atoms with van der Waals surface area (Å²) in [7, 11) is 0. The highest BCUT2D eigenvalue weighted by Crippen LogP contribution is 2.41. The van der Waals surface area contributed by atoms with E-state index in [0.29, 0.717) is 0 Å². The highest BCUT2D eigenvalue weighted by molar-refractivity contribution is 4.98. The lowest BCUT2D eigenvalue weighted by molar-refractivity contribution is -0.304. The van der Waals surface area contributed by atoms with E-state index in [1.807, 2.05) is 0 Å². The fourth-order valence-corrected chi connectivity index (χ4v) is 2.03. The first kappa shape index (κ1) is 11.3. The quantitative estimate of drug-likeness (QED) is 0.502. The lowest BCUT2D eigenvalue weighted by Crippen LogP contribution is -2.61. The summed E-state index contributed by atoms with van der Waals surface area (Å²) >= 11 is 0. The predicted octanol–water partition coefficient (Wildman–Crippen LogP) is -1.42. The summed E-state index contributed by atoms with van der Waals surface area (Å²) in [5.41, 5.74) is 0. The van der Waals surface area contributed by atoms with Crippen LogP contribution >= 0.6 is 0 Å². The maximum absolute atomic E-state index is 9.73. The zero-order chi connectivity index (χ0) is 11.3. The topological polar surface area (TPSA) is 88.4 Å². The van der Waals surface area contributed by atoms with E-state index in [9.17, 15) is 15.3 Å². The van der Waals surface area contributed by atoms with Gasteiger partial charge in [-0.15, -0.1) is 0 Å². The van der Waals surface area contributed by atoms with E-state index < -0.39 is 36.5 Å². The molecule has 0 saturated carbocycles. The van der Waals surface area contributed by atoms with Gasteiger partial charge in [0.2, 0.25) is 5.79 Å². The van der Waals surface area contributed by atoms with Crippen molar-refractivity contribution in [1.82, 2.24) is 0 Å². The number of fused-ring (bicyclic) bond motifs is 1. The average Bonchev–Trinajstić information content (AvgIpc) is 2.45. The standard InChI is InChI=1S/C9H16O6/c1-8(2)14-7-6(12)5(11)3-13-9(7,4-10)15-8/h5-7,10-12H,3-4H2,1-2H3. The molecule has 2 fully saturated rings. The van der Waals surface area contributed by atoms with E-state index >= 15 is 0 Å². The van der Waals surface area contributed by atoms with Crippen molar-refractivity contribution in [3.63, 3.8) is 0 Å². The minimum atomic E-state index is -1.36. The number of aliphatic hydroxyl groups is 3. The van der Waals surface area contributed by atoms with Crippen LogP contribution in [0, 0.1) is 0 Å². The van der Waals surface area contributed by atoms with Crippen LogP contribution in [0.3, 0.4) is 0 Å². The summed E-state index contributed by atoms with van der Waals surface area (Å²) in [6, 6.07) is 0. The number of aliphatic hydroxyl groups excluding tert-OH is 3. The first-order valence-electron chi connectivity index (χ1n) is 4.89. The fraction of sp³-hybridized carbons (Fsp3) is 1.00. The molecule has 0 amide bonds. The molecule has 0 radical (unpaired) electrons. The third kappa shape index (κ3) is 1.67. The van der Waals surface area contributed by atoms with Gasteiger partial charge in [0, 0.05) is 0 Å². The van der Waals surface area contributed by atoms with Crippen molar-refractivity contribution >= 4 is 0 Å². The molecule has 0 aromatic rings. The molecule has 2 aliphatic rings. The summed E-state index contributed by atoms with van der Waals surface area (Å²) in [6.07, 6.45) is -3.01. The SMILES string of the molecule is CC1(C)OC2C(O)C(O)COC2(CO)O1. The maximum atomic E-state index is 9.73. The summed E-state index contributed by atoms with van der Waals surface area (Å²) in [5, 5.41) is 28.4. The average molecular weight is 220 g/mol. The molecular weight excluding hydrogens is 204 g/mol. The van der Waals surface area contributed by atoms with Crippen molar-refractivity contribution in [2.75, 3.05) is 13.2 Å². The Morgan fingerprint density at radius 1 is 1.33 bits per heavy atom. The summed E-state index contributed by atoms with van der Waals surface area (Å²) in [4.78, 5) is 0. The lowest BCUT2D eigenvalue weighted by Gasteiger charge is -2.39. The van der Waals surface area contributed by atoms with Gasteiger partial charge in [-0.3, -0.25) is 0 Å². The third-order valence-corrected chi connectivity index (χ3v) is 2.69. The molecule has 2 rings (SSSR count). The number of rotatable bonds is 1. The highest BCUT2D eigenvalue weighted by atomic mass is 16.8. The van der Waals surface area contributed by atoms with Crippen LogP contribution in [0.15, 0.2) is 0 Å². The Labute approximate surface area is 87.4 Å². The smallest absolute Gasteiger partial charge is 0.224 e. The van der Waals surface area contributed by atoms with E-state index in [1.165, 1.54) is 0 Å². The molecule has 0 bridgehead atoms. The summed E-state index contributed by atoms with van der Waals surface area (Å²) in [5.74, 6) is -2.30. The van der Waals surface area contributed by atoms with Gasteiger partial charge in [0.1, 0.15) is 24.9 Å². The minimum absolute atomic E-state index is 0.0856. The van der Waals surface area contributed by atoms with Crippen LogP contribution in [0.4, 0.5) is 0 Å². The molecule has 88 valence electrons. The lowest BCUT2D eigenvalue weighted by atomic mass is 9.98.